The Morgan fingerprint density at radius 3 is 2.17 bits per heavy atom. The van der Waals surface area contributed by atoms with Crippen LogP contribution in [0.1, 0.15) is 25.3 Å². The second kappa shape index (κ2) is 8.52. The van der Waals surface area contributed by atoms with Gasteiger partial charge in [0.05, 0.1) is 6.42 Å². The number of rotatable bonds is 8. The molecule has 124 valence electrons. The lowest BCUT2D eigenvalue weighted by molar-refractivity contribution is -0.143. The van der Waals surface area contributed by atoms with Gasteiger partial charge in [-0.1, -0.05) is 12.1 Å². The molecule has 0 spiro atoms. The molecule has 0 saturated carbocycles. The van der Waals surface area contributed by atoms with Crippen molar-refractivity contribution >= 4 is 29.4 Å². The lowest BCUT2D eigenvalue weighted by Gasteiger charge is -2.13. The smallest absolute Gasteiger partial charge is 0.326 e. The minimum atomic E-state index is -1.28. The SMILES string of the molecule is CC(=O)Nc1ccc(CC(=O)N[C@@H](CCC(=O)O)C(=O)O)cc1. The zero-order valence-corrected chi connectivity index (χ0v) is 12.5. The van der Waals surface area contributed by atoms with E-state index in [-0.39, 0.29) is 25.2 Å². The molecule has 4 N–H and O–H groups in total. The summed E-state index contributed by atoms with van der Waals surface area (Å²) in [6.07, 6.45) is -0.572. The molecule has 0 aliphatic rings. The topological polar surface area (TPSA) is 133 Å². The second-order valence-corrected chi connectivity index (χ2v) is 4.95. The summed E-state index contributed by atoms with van der Waals surface area (Å²) in [5, 5.41) is 22.4. The van der Waals surface area contributed by atoms with Crippen LogP contribution < -0.4 is 10.6 Å². The van der Waals surface area contributed by atoms with Gasteiger partial charge in [-0.15, -0.1) is 0 Å². The molecule has 0 fully saturated rings. The number of aliphatic carboxylic acids is 2. The van der Waals surface area contributed by atoms with Gasteiger partial charge in [-0.25, -0.2) is 4.79 Å². The summed E-state index contributed by atoms with van der Waals surface area (Å²) >= 11 is 0. The summed E-state index contributed by atoms with van der Waals surface area (Å²) in [7, 11) is 0. The largest absolute Gasteiger partial charge is 0.481 e. The Morgan fingerprint density at radius 2 is 1.70 bits per heavy atom. The van der Waals surface area contributed by atoms with Crippen LogP contribution in [0.15, 0.2) is 24.3 Å². The molecule has 1 aromatic carbocycles. The fraction of sp³-hybridized carbons (Fsp3) is 0.333. The fourth-order valence-corrected chi connectivity index (χ4v) is 1.87. The van der Waals surface area contributed by atoms with Gasteiger partial charge in [0.2, 0.25) is 11.8 Å². The van der Waals surface area contributed by atoms with E-state index in [1.165, 1.54) is 6.92 Å². The maximum atomic E-state index is 11.8. The van der Waals surface area contributed by atoms with E-state index >= 15 is 0 Å². The number of carboxylic acid groups (broad SMARTS) is 2. The van der Waals surface area contributed by atoms with E-state index in [1.54, 1.807) is 24.3 Å². The van der Waals surface area contributed by atoms with Gasteiger partial charge in [-0.2, -0.15) is 0 Å². The number of carbonyl (C=O) groups is 4. The van der Waals surface area contributed by atoms with Crippen LogP contribution in [-0.2, 0) is 25.6 Å². The van der Waals surface area contributed by atoms with Crippen LogP contribution in [0.4, 0.5) is 5.69 Å². The van der Waals surface area contributed by atoms with Crippen LogP contribution in [0.2, 0.25) is 0 Å². The molecule has 1 atom stereocenters. The molecule has 1 aromatic rings. The molecule has 0 saturated heterocycles. The fourth-order valence-electron chi connectivity index (χ4n) is 1.87. The first-order chi connectivity index (χ1) is 10.8. The van der Waals surface area contributed by atoms with E-state index < -0.39 is 23.9 Å². The quantitative estimate of drug-likeness (QED) is 0.554. The molecule has 1 rings (SSSR count). The Kier molecular flexibility index (Phi) is 6.72. The Hall–Kier alpha value is -2.90. The maximum Gasteiger partial charge on any atom is 0.326 e. The molecule has 0 radical (unpaired) electrons. The van der Waals surface area contributed by atoms with E-state index in [0.29, 0.717) is 11.3 Å². The van der Waals surface area contributed by atoms with E-state index in [2.05, 4.69) is 10.6 Å². The number of carbonyl (C=O) groups excluding carboxylic acids is 2. The van der Waals surface area contributed by atoms with Crippen LogP contribution in [-0.4, -0.2) is 40.0 Å². The molecule has 8 nitrogen and oxygen atoms in total. The highest BCUT2D eigenvalue weighted by Crippen LogP contribution is 2.10. The highest BCUT2D eigenvalue weighted by atomic mass is 16.4. The molecular weight excluding hydrogens is 304 g/mol. The van der Waals surface area contributed by atoms with E-state index in [0.717, 1.165) is 0 Å². The first-order valence-corrected chi connectivity index (χ1v) is 6.88. The van der Waals surface area contributed by atoms with Crippen molar-refractivity contribution in [2.24, 2.45) is 0 Å². The average Bonchev–Trinajstić information content (AvgIpc) is 2.44. The average molecular weight is 322 g/mol. The molecule has 0 aromatic heterocycles. The van der Waals surface area contributed by atoms with Gasteiger partial charge in [0.15, 0.2) is 0 Å². The molecule has 0 unspecified atom stereocenters. The lowest BCUT2D eigenvalue weighted by atomic mass is 10.1. The first-order valence-electron chi connectivity index (χ1n) is 6.88. The molecular formula is C15H18N2O6. The summed E-state index contributed by atoms with van der Waals surface area (Å²) in [4.78, 5) is 44.2. The Labute approximate surface area is 132 Å². The van der Waals surface area contributed by atoms with E-state index in [4.69, 9.17) is 10.2 Å². The Morgan fingerprint density at radius 1 is 1.09 bits per heavy atom. The van der Waals surface area contributed by atoms with Gasteiger partial charge in [0, 0.05) is 19.0 Å². The number of benzene rings is 1. The highest BCUT2D eigenvalue weighted by Gasteiger charge is 2.20. The molecule has 0 aliphatic heterocycles. The zero-order valence-electron chi connectivity index (χ0n) is 12.5. The Balaban J connectivity index is 2.58. The minimum Gasteiger partial charge on any atom is -0.481 e. The van der Waals surface area contributed by atoms with Crippen LogP contribution >= 0.6 is 0 Å². The third kappa shape index (κ3) is 7.07. The number of hydrogen-bond acceptors (Lipinski definition) is 4. The van der Waals surface area contributed by atoms with Crippen molar-refractivity contribution in [2.45, 2.75) is 32.2 Å². The van der Waals surface area contributed by atoms with Gasteiger partial charge < -0.3 is 20.8 Å². The molecule has 23 heavy (non-hydrogen) atoms. The summed E-state index contributed by atoms with van der Waals surface area (Å²) < 4.78 is 0. The van der Waals surface area contributed by atoms with E-state index in [9.17, 15) is 19.2 Å². The van der Waals surface area contributed by atoms with Crippen molar-refractivity contribution in [3.8, 4) is 0 Å². The number of hydrogen-bond donors (Lipinski definition) is 4. The third-order valence-electron chi connectivity index (χ3n) is 2.92. The monoisotopic (exact) mass is 322 g/mol. The third-order valence-corrected chi connectivity index (χ3v) is 2.92. The Bertz CT molecular complexity index is 596. The van der Waals surface area contributed by atoms with Crippen molar-refractivity contribution in [3.05, 3.63) is 29.8 Å². The second-order valence-electron chi connectivity index (χ2n) is 4.95. The number of nitrogens with one attached hydrogen (secondary N) is 2. The number of carboxylic acids is 2. The lowest BCUT2D eigenvalue weighted by Crippen LogP contribution is -2.41. The molecule has 0 aliphatic carbocycles. The van der Waals surface area contributed by atoms with E-state index in [1.807, 2.05) is 0 Å². The van der Waals surface area contributed by atoms with Crippen LogP contribution in [0.25, 0.3) is 0 Å². The van der Waals surface area contributed by atoms with Crippen molar-refractivity contribution in [1.82, 2.24) is 5.32 Å². The highest BCUT2D eigenvalue weighted by molar-refractivity contribution is 5.89. The standard InChI is InChI=1S/C15H18N2O6/c1-9(18)16-11-4-2-10(3-5-11)8-13(19)17-12(15(22)23)6-7-14(20)21/h2-5,12H,6-8H2,1H3,(H,16,18)(H,17,19)(H,20,21)(H,22,23)/t12-/m0/s1. The van der Waals surface area contributed by atoms with Gasteiger partial charge in [0.1, 0.15) is 6.04 Å². The predicted molar refractivity (Wildman–Crippen MR) is 80.9 cm³/mol. The summed E-state index contributed by atoms with van der Waals surface area (Å²) in [5.41, 5.74) is 1.23. The molecule has 2 amide bonds. The first kappa shape index (κ1) is 18.1. The molecule has 0 bridgehead atoms. The van der Waals surface area contributed by atoms with Crippen LogP contribution in [0.5, 0.6) is 0 Å². The predicted octanol–water partition coefficient (Wildman–Crippen LogP) is 0.622. The summed E-state index contributed by atoms with van der Waals surface area (Å²) in [5.74, 6) is -3.13. The van der Waals surface area contributed by atoms with Crippen molar-refractivity contribution in [3.63, 3.8) is 0 Å². The summed E-state index contributed by atoms with van der Waals surface area (Å²) in [6.45, 7) is 1.38. The molecule has 0 heterocycles. The van der Waals surface area contributed by atoms with Crippen molar-refractivity contribution < 1.29 is 29.4 Å². The summed E-state index contributed by atoms with van der Waals surface area (Å²) in [6, 6.07) is 5.29. The normalized spacial score (nSPS) is 11.3. The van der Waals surface area contributed by atoms with Gasteiger partial charge in [0.25, 0.3) is 0 Å². The van der Waals surface area contributed by atoms with Crippen LogP contribution in [0, 0.1) is 0 Å². The van der Waals surface area contributed by atoms with Gasteiger partial charge in [-0.05, 0) is 24.1 Å². The molecule has 8 heteroatoms. The minimum absolute atomic E-state index is 0.0444. The van der Waals surface area contributed by atoms with Crippen molar-refractivity contribution in [1.29, 1.82) is 0 Å². The van der Waals surface area contributed by atoms with Crippen LogP contribution in [0.3, 0.4) is 0 Å². The van der Waals surface area contributed by atoms with Crippen molar-refractivity contribution in [2.75, 3.05) is 5.32 Å². The maximum absolute atomic E-state index is 11.8. The van der Waals surface area contributed by atoms with Gasteiger partial charge >= 0.3 is 11.9 Å². The number of anilines is 1. The zero-order chi connectivity index (χ0) is 17.4. The van der Waals surface area contributed by atoms with Gasteiger partial charge in [-0.3, -0.25) is 14.4 Å². The number of amides is 2.